The Bertz CT molecular complexity index is 409. The molecule has 0 unspecified atom stereocenters. The minimum absolute atomic E-state index is 0.0807. The molecule has 1 aliphatic rings. The van der Waals surface area contributed by atoms with Crippen LogP contribution in [-0.4, -0.2) is 4.57 Å². The topological polar surface area (TPSA) is 22.0 Å². The van der Waals surface area contributed by atoms with Gasteiger partial charge in [0.25, 0.3) is 5.56 Å². The Morgan fingerprint density at radius 2 is 2.00 bits per heavy atom. The molecule has 1 aromatic heterocycles. The van der Waals surface area contributed by atoms with Crippen molar-refractivity contribution < 1.29 is 0 Å². The molecule has 2 heteroatoms. The van der Waals surface area contributed by atoms with Crippen molar-refractivity contribution in [3.8, 4) is 0 Å². The molecule has 2 nitrogen and oxygen atoms in total. The summed E-state index contributed by atoms with van der Waals surface area (Å²) in [6, 6.07) is 3.98. The van der Waals surface area contributed by atoms with E-state index in [9.17, 15) is 4.79 Å². The summed E-state index contributed by atoms with van der Waals surface area (Å²) in [7, 11) is 0. The number of fused-ring (bicyclic) bond motifs is 1. The predicted octanol–water partition coefficient (Wildman–Crippen LogP) is 2.09. The van der Waals surface area contributed by atoms with Crippen LogP contribution in [0.3, 0.4) is 0 Å². The molecule has 0 N–H and O–H groups in total. The van der Waals surface area contributed by atoms with Crippen LogP contribution < -0.4 is 5.56 Å². The average Bonchev–Trinajstić information content (AvgIpc) is 2.50. The largest absolute Gasteiger partial charge is 0.313 e. The molecular formula is C12H17NO. The van der Waals surface area contributed by atoms with Crippen LogP contribution in [0.2, 0.25) is 0 Å². The van der Waals surface area contributed by atoms with E-state index in [2.05, 4.69) is 26.8 Å². The lowest BCUT2D eigenvalue weighted by atomic mass is 9.87. The highest BCUT2D eigenvalue weighted by Gasteiger charge is 2.19. The SMILES string of the molecule is CC(C)(C)c1cc2n(c(=O)c1)CCC2. The van der Waals surface area contributed by atoms with Crippen molar-refractivity contribution >= 4 is 0 Å². The Hall–Kier alpha value is -1.05. The molecule has 0 spiro atoms. The van der Waals surface area contributed by atoms with Crippen molar-refractivity contribution in [2.75, 3.05) is 0 Å². The maximum Gasteiger partial charge on any atom is 0.251 e. The number of hydrogen-bond donors (Lipinski definition) is 0. The maximum absolute atomic E-state index is 11.7. The van der Waals surface area contributed by atoms with Gasteiger partial charge in [0.15, 0.2) is 0 Å². The van der Waals surface area contributed by atoms with Gasteiger partial charge in [-0.3, -0.25) is 4.79 Å². The van der Waals surface area contributed by atoms with Crippen LogP contribution in [0.1, 0.15) is 38.4 Å². The lowest BCUT2D eigenvalue weighted by Crippen LogP contribution is -2.23. The van der Waals surface area contributed by atoms with Crippen molar-refractivity contribution in [3.05, 3.63) is 33.7 Å². The quantitative estimate of drug-likeness (QED) is 0.615. The van der Waals surface area contributed by atoms with E-state index in [1.165, 1.54) is 5.69 Å². The van der Waals surface area contributed by atoms with Gasteiger partial charge in [0.2, 0.25) is 0 Å². The molecule has 0 bridgehead atoms. The van der Waals surface area contributed by atoms with Crippen LogP contribution >= 0.6 is 0 Å². The molecule has 14 heavy (non-hydrogen) atoms. The monoisotopic (exact) mass is 191 g/mol. The van der Waals surface area contributed by atoms with Gasteiger partial charge in [-0.1, -0.05) is 20.8 Å². The van der Waals surface area contributed by atoms with Crippen LogP contribution in [0.15, 0.2) is 16.9 Å². The van der Waals surface area contributed by atoms with E-state index >= 15 is 0 Å². The summed E-state index contributed by atoms with van der Waals surface area (Å²) in [4.78, 5) is 11.7. The number of aryl methyl sites for hydroxylation is 1. The van der Waals surface area contributed by atoms with Gasteiger partial charge in [-0.2, -0.15) is 0 Å². The van der Waals surface area contributed by atoms with Crippen molar-refractivity contribution in [2.45, 2.75) is 45.6 Å². The Kier molecular flexibility index (Phi) is 2.02. The number of pyridine rings is 1. The van der Waals surface area contributed by atoms with Crippen molar-refractivity contribution in [1.29, 1.82) is 0 Å². The lowest BCUT2D eigenvalue weighted by Gasteiger charge is -2.19. The Morgan fingerprint density at radius 3 is 2.64 bits per heavy atom. The number of aromatic nitrogens is 1. The van der Waals surface area contributed by atoms with E-state index in [4.69, 9.17) is 0 Å². The molecule has 0 fully saturated rings. The second kappa shape index (κ2) is 2.97. The second-order valence-corrected chi connectivity index (χ2v) is 5.08. The first-order valence-corrected chi connectivity index (χ1v) is 5.23. The molecule has 0 aliphatic carbocycles. The number of rotatable bonds is 0. The molecule has 0 radical (unpaired) electrons. The van der Waals surface area contributed by atoms with Gasteiger partial charge < -0.3 is 4.57 Å². The summed E-state index contributed by atoms with van der Waals surface area (Å²) in [6.07, 6.45) is 2.17. The Labute approximate surface area is 84.6 Å². The summed E-state index contributed by atoms with van der Waals surface area (Å²) in [5.41, 5.74) is 2.63. The molecule has 0 saturated heterocycles. The highest BCUT2D eigenvalue weighted by atomic mass is 16.1. The van der Waals surface area contributed by atoms with Gasteiger partial charge >= 0.3 is 0 Å². The van der Waals surface area contributed by atoms with Crippen LogP contribution in [0, 0.1) is 0 Å². The van der Waals surface area contributed by atoms with Crippen LogP contribution in [0.4, 0.5) is 0 Å². The summed E-state index contributed by atoms with van der Waals surface area (Å²) < 4.78 is 1.90. The van der Waals surface area contributed by atoms with E-state index in [0.717, 1.165) is 24.9 Å². The first-order valence-electron chi connectivity index (χ1n) is 5.23. The van der Waals surface area contributed by atoms with Gasteiger partial charge in [-0.05, 0) is 29.9 Å². The summed E-state index contributed by atoms with van der Waals surface area (Å²) in [5.74, 6) is 0. The minimum Gasteiger partial charge on any atom is -0.313 e. The molecule has 1 aromatic rings. The maximum atomic E-state index is 11.7. The average molecular weight is 191 g/mol. The molecule has 0 aromatic carbocycles. The Morgan fingerprint density at radius 1 is 1.29 bits per heavy atom. The third kappa shape index (κ3) is 1.49. The standard InChI is InChI=1S/C12H17NO/c1-12(2,3)9-7-10-5-4-6-13(10)11(14)8-9/h7-8H,4-6H2,1-3H3. The van der Waals surface area contributed by atoms with Crippen LogP contribution in [0.5, 0.6) is 0 Å². The summed E-state index contributed by atoms with van der Waals surface area (Å²) >= 11 is 0. The number of hydrogen-bond acceptors (Lipinski definition) is 1. The summed E-state index contributed by atoms with van der Waals surface area (Å²) in [6.45, 7) is 7.34. The first-order chi connectivity index (χ1) is 6.48. The van der Waals surface area contributed by atoms with E-state index in [0.29, 0.717) is 0 Å². The van der Waals surface area contributed by atoms with Crippen molar-refractivity contribution in [1.82, 2.24) is 4.57 Å². The van der Waals surface area contributed by atoms with E-state index in [1.54, 1.807) is 6.07 Å². The van der Waals surface area contributed by atoms with Crippen LogP contribution in [-0.2, 0) is 18.4 Å². The molecule has 0 amide bonds. The normalized spacial score (nSPS) is 15.6. The Balaban J connectivity index is 2.58. The van der Waals surface area contributed by atoms with Crippen molar-refractivity contribution in [2.24, 2.45) is 0 Å². The zero-order valence-corrected chi connectivity index (χ0v) is 9.13. The molecule has 2 heterocycles. The molecule has 1 aliphatic heterocycles. The molecule has 76 valence electrons. The van der Waals surface area contributed by atoms with Gasteiger partial charge in [0, 0.05) is 18.3 Å². The fourth-order valence-electron chi connectivity index (χ4n) is 1.96. The predicted molar refractivity (Wildman–Crippen MR) is 57.7 cm³/mol. The fourth-order valence-corrected chi connectivity index (χ4v) is 1.96. The third-order valence-corrected chi connectivity index (χ3v) is 2.89. The van der Waals surface area contributed by atoms with E-state index in [-0.39, 0.29) is 11.0 Å². The smallest absolute Gasteiger partial charge is 0.251 e. The highest BCUT2D eigenvalue weighted by Crippen LogP contribution is 2.23. The van der Waals surface area contributed by atoms with Crippen LogP contribution in [0.25, 0.3) is 0 Å². The minimum atomic E-state index is 0.0807. The zero-order valence-electron chi connectivity index (χ0n) is 9.13. The third-order valence-electron chi connectivity index (χ3n) is 2.89. The molecular weight excluding hydrogens is 174 g/mol. The molecule has 0 atom stereocenters. The highest BCUT2D eigenvalue weighted by molar-refractivity contribution is 5.25. The van der Waals surface area contributed by atoms with Gasteiger partial charge in [-0.15, -0.1) is 0 Å². The first kappa shape index (κ1) is 9.50. The second-order valence-electron chi connectivity index (χ2n) is 5.08. The van der Waals surface area contributed by atoms with Gasteiger partial charge in [-0.25, -0.2) is 0 Å². The van der Waals surface area contributed by atoms with Gasteiger partial charge in [0.1, 0.15) is 0 Å². The summed E-state index contributed by atoms with van der Waals surface area (Å²) in [5, 5.41) is 0. The fraction of sp³-hybridized carbons (Fsp3) is 0.583. The molecule has 0 saturated carbocycles. The van der Waals surface area contributed by atoms with Gasteiger partial charge in [0.05, 0.1) is 0 Å². The molecule has 2 rings (SSSR count). The van der Waals surface area contributed by atoms with Crippen molar-refractivity contribution in [3.63, 3.8) is 0 Å². The number of nitrogens with zero attached hydrogens (tertiary/aromatic N) is 1. The van der Waals surface area contributed by atoms with E-state index < -0.39 is 0 Å². The lowest BCUT2D eigenvalue weighted by molar-refractivity contribution is 0.583. The zero-order chi connectivity index (χ0) is 10.3. The van der Waals surface area contributed by atoms with E-state index in [1.807, 2.05) is 4.57 Å².